The highest BCUT2D eigenvalue weighted by atomic mass is 35.5. The summed E-state index contributed by atoms with van der Waals surface area (Å²) in [5.74, 6) is -0.297. The molecule has 2 amide bonds. The van der Waals surface area contributed by atoms with Crippen molar-refractivity contribution in [3.05, 3.63) is 28.8 Å². The topological polar surface area (TPSA) is 37.4 Å². The van der Waals surface area contributed by atoms with Gasteiger partial charge < -0.3 is 0 Å². The van der Waals surface area contributed by atoms with Crippen molar-refractivity contribution >= 4 is 29.1 Å². The molecule has 1 aromatic carbocycles. The van der Waals surface area contributed by atoms with Crippen LogP contribution in [0.2, 0.25) is 5.02 Å². The molecule has 0 atom stereocenters. The van der Waals surface area contributed by atoms with Crippen LogP contribution in [0.25, 0.3) is 0 Å². The zero-order valence-electron chi connectivity index (χ0n) is 10.8. The first-order chi connectivity index (χ1) is 8.33. The van der Waals surface area contributed by atoms with Gasteiger partial charge in [-0.2, -0.15) is 0 Å². The van der Waals surface area contributed by atoms with Crippen LogP contribution in [0.3, 0.4) is 0 Å². The number of halogens is 1. The Morgan fingerprint density at radius 3 is 2.61 bits per heavy atom. The number of imide groups is 1. The van der Waals surface area contributed by atoms with Crippen LogP contribution in [-0.4, -0.2) is 11.8 Å². The molecule has 1 aromatic rings. The molecule has 1 saturated heterocycles. The van der Waals surface area contributed by atoms with E-state index in [2.05, 4.69) is 0 Å². The molecule has 4 heteroatoms. The predicted molar refractivity (Wildman–Crippen MR) is 71.7 cm³/mol. The molecule has 0 saturated carbocycles. The number of aryl methyl sites for hydroxylation is 1. The van der Waals surface area contributed by atoms with Gasteiger partial charge in [0.2, 0.25) is 11.8 Å². The van der Waals surface area contributed by atoms with Crippen LogP contribution in [0, 0.1) is 12.3 Å². The van der Waals surface area contributed by atoms with Crippen LogP contribution < -0.4 is 4.90 Å². The lowest BCUT2D eigenvalue weighted by molar-refractivity contribution is -0.136. The third-order valence-corrected chi connectivity index (χ3v) is 3.64. The maximum atomic E-state index is 12.4. The fourth-order valence-electron chi connectivity index (χ4n) is 2.12. The number of amides is 2. The fraction of sp³-hybridized carbons (Fsp3) is 0.429. The van der Waals surface area contributed by atoms with Gasteiger partial charge in [-0.25, -0.2) is 4.90 Å². The number of carbonyl (C=O) groups excluding carboxylic acids is 2. The van der Waals surface area contributed by atoms with Crippen molar-refractivity contribution in [3.63, 3.8) is 0 Å². The number of nitrogens with zero attached hydrogens (tertiary/aromatic N) is 1. The van der Waals surface area contributed by atoms with Crippen LogP contribution in [0.4, 0.5) is 5.69 Å². The molecule has 0 bridgehead atoms. The van der Waals surface area contributed by atoms with Gasteiger partial charge in [0.15, 0.2) is 0 Å². The quantitative estimate of drug-likeness (QED) is 0.731. The Morgan fingerprint density at radius 2 is 1.94 bits per heavy atom. The first kappa shape index (κ1) is 13.1. The third-order valence-electron chi connectivity index (χ3n) is 3.41. The summed E-state index contributed by atoms with van der Waals surface area (Å²) in [4.78, 5) is 25.7. The van der Waals surface area contributed by atoms with Crippen molar-refractivity contribution in [1.29, 1.82) is 0 Å². The molecule has 1 aliphatic heterocycles. The smallest absolute Gasteiger partial charge is 0.239 e. The standard InChI is InChI=1S/C14H16ClNO2/c1-9-4-5-10(15)8-11(9)16-12(17)6-7-14(2,3)13(16)18/h4-5,8H,6-7H2,1-3H3. The highest BCUT2D eigenvalue weighted by molar-refractivity contribution is 6.31. The maximum Gasteiger partial charge on any atom is 0.239 e. The zero-order chi connectivity index (χ0) is 13.5. The highest BCUT2D eigenvalue weighted by Gasteiger charge is 2.41. The van der Waals surface area contributed by atoms with Crippen molar-refractivity contribution in [2.75, 3.05) is 4.90 Å². The van der Waals surface area contributed by atoms with Gasteiger partial charge in [-0.3, -0.25) is 9.59 Å². The van der Waals surface area contributed by atoms with E-state index in [1.165, 1.54) is 4.90 Å². The second-order valence-electron chi connectivity index (χ2n) is 5.35. The van der Waals surface area contributed by atoms with E-state index in [-0.39, 0.29) is 11.8 Å². The number of hydrogen-bond donors (Lipinski definition) is 0. The van der Waals surface area contributed by atoms with Crippen LogP contribution in [0.15, 0.2) is 18.2 Å². The molecule has 0 radical (unpaired) electrons. The lowest BCUT2D eigenvalue weighted by Crippen LogP contribution is -2.49. The third kappa shape index (κ3) is 2.15. The maximum absolute atomic E-state index is 12.4. The van der Waals surface area contributed by atoms with Crippen LogP contribution in [0.1, 0.15) is 32.3 Å². The second kappa shape index (κ2) is 4.39. The Morgan fingerprint density at radius 1 is 1.28 bits per heavy atom. The summed E-state index contributed by atoms with van der Waals surface area (Å²) in [5, 5.41) is 0.527. The lowest BCUT2D eigenvalue weighted by atomic mass is 9.82. The molecule has 18 heavy (non-hydrogen) atoms. The number of rotatable bonds is 1. The molecule has 2 rings (SSSR count). The Hall–Kier alpha value is -1.35. The van der Waals surface area contributed by atoms with Crippen molar-refractivity contribution in [2.24, 2.45) is 5.41 Å². The van der Waals surface area contributed by atoms with E-state index in [0.717, 1.165) is 5.56 Å². The average Bonchev–Trinajstić information content (AvgIpc) is 2.30. The van der Waals surface area contributed by atoms with E-state index in [1.54, 1.807) is 12.1 Å². The van der Waals surface area contributed by atoms with Crippen LogP contribution in [-0.2, 0) is 9.59 Å². The summed E-state index contributed by atoms with van der Waals surface area (Å²) in [5.41, 5.74) is 0.979. The SMILES string of the molecule is Cc1ccc(Cl)cc1N1C(=O)CCC(C)(C)C1=O. The van der Waals surface area contributed by atoms with Gasteiger partial charge in [0.1, 0.15) is 0 Å². The summed E-state index contributed by atoms with van der Waals surface area (Å²) in [6.45, 7) is 5.61. The van der Waals surface area contributed by atoms with Gasteiger partial charge in [-0.1, -0.05) is 31.5 Å². The molecule has 0 spiro atoms. The summed E-state index contributed by atoms with van der Waals surface area (Å²) in [7, 11) is 0. The molecule has 1 fully saturated rings. The Bertz CT molecular complexity index is 523. The number of anilines is 1. The number of benzene rings is 1. The Labute approximate surface area is 112 Å². The fourth-order valence-corrected chi connectivity index (χ4v) is 2.29. The summed E-state index contributed by atoms with van der Waals surface area (Å²) in [6.07, 6.45) is 0.992. The van der Waals surface area contributed by atoms with Gasteiger partial charge in [0.25, 0.3) is 0 Å². The minimum absolute atomic E-state index is 0.148. The molecule has 0 N–H and O–H groups in total. The molecule has 3 nitrogen and oxygen atoms in total. The Balaban J connectivity index is 2.50. The molecule has 1 heterocycles. The minimum Gasteiger partial charge on any atom is -0.274 e. The minimum atomic E-state index is -0.497. The van der Waals surface area contributed by atoms with Gasteiger partial charge in [0.05, 0.1) is 5.69 Å². The normalized spacial score (nSPS) is 19.2. The zero-order valence-corrected chi connectivity index (χ0v) is 11.5. The van der Waals surface area contributed by atoms with E-state index in [4.69, 9.17) is 11.6 Å². The lowest BCUT2D eigenvalue weighted by Gasteiger charge is -2.36. The van der Waals surface area contributed by atoms with Crippen LogP contribution in [0.5, 0.6) is 0 Å². The number of piperidine rings is 1. The summed E-state index contributed by atoms with van der Waals surface area (Å²) in [6, 6.07) is 5.25. The highest BCUT2D eigenvalue weighted by Crippen LogP contribution is 2.35. The number of hydrogen-bond acceptors (Lipinski definition) is 2. The number of carbonyl (C=O) groups is 2. The molecule has 0 unspecified atom stereocenters. The first-order valence-corrected chi connectivity index (χ1v) is 6.34. The first-order valence-electron chi connectivity index (χ1n) is 5.96. The van der Waals surface area contributed by atoms with Crippen molar-refractivity contribution in [3.8, 4) is 0 Å². The second-order valence-corrected chi connectivity index (χ2v) is 5.79. The van der Waals surface area contributed by atoms with Gasteiger partial charge >= 0.3 is 0 Å². The largest absolute Gasteiger partial charge is 0.274 e. The summed E-state index contributed by atoms with van der Waals surface area (Å²) >= 11 is 5.95. The molecule has 1 aliphatic rings. The van der Waals surface area contributed by atoms with E-state index >= 15 is 0 Å². The van der Waals surface area contributed by atoms with Crippen LogP contribution >= 0.6 is 11.6 Å². The summed E-state index contributed by atoms with van der Waals surface area (Å²) < 4.78 is 0. The predicted octanol–water partition coefficient (Wildman–Crippen LogP) is 3.33. The Kier molecular flexibility index (Phi) is 3.20. The van der Waals surface area contributed by atoms with Gasteiger partial charge in [-0.15, -0.1) is 0 Å². The van der Waals surface area contributed by atoms with E-state index in [0.29, 0.717) is 23.6 Å². The van der Waals surface area contributed by atoms with E-state index < -0.39 is 5.41 Å². The van der Waals surface area contributed by atoms with Gasteiger partial charge in [0, 0.05) is 16.9 Å². The average molecular weight is 266 g/mol. The van der Waals surface area contributed by atoms with Crippen molar-refractivity contribution in [1.82, 2.24) is 0 Å². The molecule has 0 aliphatic carbocycles. The van der Waals surface area contributed by atoms with E-state index in [1.807, 2.05) is 26.8 Å². The molecule has 96 valence electrons. The monoisotopic (exact) mass is 265 g/mol. The van der Waals surface area contributed by atoms with Gasteiger partial charge in [-0.05, 0) is 31.0 Å². The molecular weight excluding hydrogens is 250 g/mol. The molecule has 0 aromatic heterocycles. The van der Waals surface area contributed by atoms with Crippen molar-refractivity contribution in [2.45, 2.75) is 33.6 Å². The molecular formula is C14H16ClNO2. The van der Waals surface area contributed by atoms with Crippen molar-refractivity contribution < 1.29 is 9.59 Å². The van der Waals surface area contributed by atoms with E-state index in [9.17, 15) is 9.59 Å².